The lowest BCUT2D eigenvalue weighted by Gasteiger charge is -2.06. The van der Waals surface area contributed by atoms with Crippen LogP contribution in [-0.2, 0) is 4.74 Å². The minimum absolute atomic E-state index is 0.231. The lowest BCUT2D eigenvalue weighted by Crippen LogP contribution is -2.05. The van der Waals surface area contributed by atoms with Gasteiger partial charge in [-0.3, -0.25) is 0 Å². The van der Waals surface area contributed by atoms with Gasteiger partial charge in [0.25, 0.3) is 0 Å². The first kappa shape index (κ1) is 13.0. The van der Waals surface area contributed by atoms with Crippen LogP contribution in [0.25, 0.3) is 11.4 Å². The Balaban J connectivity index is 2.36. The summed E-state index contributed by atoms with van der Waals surface area (Å²) >= 11 is 0. The molecule has 0 N–H and O–H groups in total. The van der Waals surface area contributed by atoms with E-state index < -0.39 is 5.97 Å². The Hall–Kier alpha value is -2.43. The molecule has 0 aliphatic carbocycles. The number of hydrogen-bond donors (Lipinski definition) is 0. The number of rotatable bonds is 4. The maximum Gasteiger partial charge on any atom is 0.356 e. The van der Waals surface area contributed by atoms with Crippen molar-refractivity contribution in [2.24, 2.45) is 0 Å². The first-order valence-electron chi connectivity index (χ1n) is 5.89. The van der Waals surface area contributed by atoms with Gasteiger partial charge in [-0.25, -0.2) is 14.8 Å². The highest BCUT2D eigenvalue weighted by Gasteiger charge is 2.10. The Morgan fingerprint density at radius 3 is 2.89 bits per heavy atom. The van der Waals surface area contributed by atoms with Crippen molar-refractivity contribution in [2.45, 2.75) is 6.92 Å². The van der Waals surface area contributed by atoms with Crippen LogP contribution in [0.4, 0.5) is 0 Å². The summed E-state index contributed by atoms with van der Waals surface area (Å²) in [5.41, 5.74) is 1.02. The summed E-state index contributed by atoms with van der Waals surface area (Å²) < 4.78 is 10.1. The van der Waals surface area contributed by atoms with Gasteiger partial charge in [-0.2, -0.15) is 0 Å². The van der Waals surface area contributed by atoms with E-state index in [0.717, 1.165) is 11.3 Å². The summed E-state index contributed by atoms with van der Waals surface area (Å²) in [6.45, 7) is 2.51. The third-order valence-corrected chi connectivity index (χ3v) is 2.45. The number of hydrogen-bond acceptors (Lipinski definition) is 5. The number of nitrogens with zero attached hydrogens (tertiary/aromatic N) is 2. The molecule has 0 amide bonds. The number of carbonyl (C=O) groups is 1. The fraction of sp³-hybridized carbons (Fsp3) is 0.214. The fourth-order valence-corrected chi connectivity index (χ4v) is 1.61. The highest BCUT2D eigenvalue weighted by Crippen LogP contribution is 2.21. The second-order valence-electron chi connectivity index (χ2n) is 3.72. The Kier molecular flexibility index (Phi) is 4.07. The predicted molar refractivity (Wildman–Crippen MR) is 70.0 cm³/mol. The third-order valence-electron chi connectivity index (χ3n) is 2.45. The summed E-state index contributed by atoms with van der Waals surface area (Å²) in [5.74, 6) is 0.723. The van der Waals surface area contributed by atoms with E-state index in [-0.39, 0.29) is 5.69 Å². The minimum Gasteiger partial charge on any atom is -0.494 e. The van der Waals surface area contributed by atoms with Gasteiger partial charge < -0.3 is 9.47 Å². The van der Waals surface area contributed by atoms with Crippen molar-refractivity contribution in [1.29, 1.82) is 0 Å². The van der Waals surface area contributed by atoms with Crippen LogP contribution in [0.1, 0.15) is 17.4 Å². The second kappa shape index (κ2) is 5.95. The van der Waals surface area contributed by atoms with Crippen LogP contribution in [0.3, 0.4) is 0 Å². The van der Waals surface area contributed by atoms with Crippen molar-refractivity contribution >= 4 is 5.97 Å². The molecule has 98 valence electrons. The monoisotopic (exact) mass is 258 g/mol. The molecule has 5 heteroatoms. The van der Waals surface area contributed by atoms with Crippen LogP contribution in [0.15, 0.2) is 36.5 Å². The van der Waals surface area contributed by atoms with Crippen molar-refractivity contribution in [3.05, 3.63) is 42.2 Å². The standard InChI is InChI=1S/C14H14N2O3/c1-3-19-11-6-4-5-10(9-11)13-15-8-7-12(16-13)14(17)18-2/h4-9H,3H2,1-2H3. The molecule has 0 unspecified atom stereocenters. The van der Waals surface area contributed by atoms with E-state index in [1.165, 1.54) is 19.4 Å². The van der Waals surface area contributed by atoms with Crippen LogP contribution >= 0.6 is 0 Å². The van der Waals surface area contributed by atoms with Crippen molar-refractivity contribution in [2.75, 3.05) is 13.7 Å². The highest BCUT2D eigenvalue weighted by atomic mass is 16.5. The molecular weight excluding hydrogens is 244 g/mol. The van der Waals surface area contributed by atoms with E-state index in [0.29, 0.717) is 12.4 Å². The van der Waals surface area contributed by atoms with Crippen molar-refractivity contribution in [3.8, 4) is 17.1 Å². The third kappa shape index (κ3) is 3.07. The number of aromatic nitrogens is 2. The Labute approximate surface area is 111 Å². The summed E-state index contributed by atoms with van der Waals surface area (Å²) in [6, 6.07) is 8.92. The van der Waals surface area contributed by atoms with Gasteiger partial charge in [0.15, 0.2) is 11.5 Å². The second-order valence-corrected chi connectivity index (χ2v) is 3.72. The zero-order chi connectivity index (χ0) is 13.7. The number of methoxy groups -OCH3 is 1. The highest BCUT2D eigenvalue weighted by molar-refractivity contribution is 5.87. The molecule has 0 spiro atoms. The van der Waals surface area contributed by atoms with Gasteiger partial charge in [-0.1, -0.05) is 12.1 Å². The number of ether oxygens (including phenoxy) is 2. The van der Waals surface area contributed by atoms with E-state index >= 15 is 0 Å². The maximum atomic E-state index is 11.4. The lowest BCUT2D eigenvalue weighted by molar-refractivity contribution is 0.0594. The fourth-order valence-electron chi connectivity index (χ4n) is 1.61. The summed E-state index contributed by atoms with van der Waals surface area (Å²) in [6.07, 6.45) is 1.53. The molecule has 5 nitrogen and oxygen atoms in total. The number of benzene rings is 1. The molecule has 19 heavy (non-hydrogen) atoms. The van der Waals surface area contributed by atoms with Crippen LogP contribution in [0, 0.1) is 0 Å². The minimum atomic E-state index is -0.482. The number of esters is 1. The lowest BCUT2D eigenvalue weighted by atomic mass is 10.2. The van der Waals surface area contributed by atoms with Crippen LogP contribution in [0.2, 0.25) is 0 Å². The molecular formula is C14H14N2O3. The van der Waals surface area contributed by atoms with E-state index in [1.54, 1.807) is 0 Å². The molecule has 0 atom stereocenters. The normalized spacial score (nSPS) is 10.0. The van der Waals surface area contributed by atoms with Crippen molar-refractivity contribution in [3.63, 3.8) is 0 Å². The van der Waals surface area contributed by atoms with Gasteiger partial charge in [0, 0.05) is 11.8 Å². The van der Waals surface area contributed by atoms with Crippen LogP contribution in [0.5, 0.6) is 5.75 Å². The molecule has 0 fully saturated rings. The van der Waals surface area contributed by atoms with Crippen LogP contribution in [-0.4, -0.2) is 29.7 Å². The Morgan fingerprint density at radius 1 is 1.32 bits per heavy atom. The van der Waals surface area contributed by atoms with Crippen LogP contribution < -0.4 is 4.74 Å². The average Bonchev–Trinajstić information content (AvgIpc) is 2.47. The van der Waals surface area contributed by atoms with Gasteiger partial charge in [0.05, 0.1) is 13.7 Å². The van der Waals surface area contributed by atoms with E-state index in [9.17, 15) is 4.79 Å². The molecule has 0 aliphatic rings. The maximum absolute atomic E-state index is 11.4. The molecule has 0 aliphatic heterocycles. The average molecular weight is 258 g/mol. The molecule has 0 saturated carbocycles. The molecule has 1 heterocycles. The molecule has 1 aromatic carbocycles. The smallest absolute Gasteiger partial charge is 0.356 e. The van der Waals surface area contributed by atoms with Crippen molar-refractivity contribution in [1.82, 2.24) is 9.97 Å². The van der Waals surface area contributed by atoms with E-state index in [2.05, 4.69) is 14.7 Å². The molecule has 0 bridgehead atoms. The summed E-state index contributed by atoms with van der Waals surface area (Å²) in [5, 5.41) is 0. The zero-order valence-corrected chi connectivity index (χ0v) is 10.8. The molecule has 2 rings (SSSR count). The largest absolute Gasteiger partial charge is 0.494 e. The van der Waals surface area contributed by atoms with Gasteiger partial charge in [0.1, 0.15) is 5.75 Å². The van der Waals surface area contributed by atoms with E-state index in [1.807, 2.05) is 31.2 Å². The molecule has 0 saturated heterocycles. The molecule has 2 aromatic rings. The van der Waals surface area contributed by atoms with E-state index in [4.69, 9.17) is 4.74 Å². The van der Waals surface area contributed by atoms with Gasteiger partial charge >= 0.3 is 5.97 Å². The van der Waals surface area contributed by atoms with Gasteiger partial charge in [-0.05, 0) is 25.1 Å². The Bertz CT molecular complexity index is 584. The SMILES string of the molecule is CCOc1cccc(-c2nccc(C(=O)OC)n2)c1. The quantitative estimate of drug-likeness (QED) is 0.788. The first-order valence-corrected chi connectivity index (χ1v) is 5.89. The Morgan fingerprint density at radius 2 is 2.16 bits per heavy atom. The summed E-state index contributed by atoms with van der Waals surface area (Å²) in [4.78, 5) is 19.8. The zero-order valence-electron chi connectivity index (χ0n) is 10.8. The predicted octanol–water partition coefficient (Wildman–Crippen LogP) is 2.33. The van der Waals surface area contributed by atoms with Gasteiger partial charge in [0.2, 0.25) is 0 Å². The summed E-state index contributed by atoms with van der Waals surface area (Å²) in [7, 11) is 1.32. The molecule has 0 radical (unpaired) electrons. The molecule has 1 aromatic heterocycles. The number of carbonyl (C=O) groups excluding carboxylic acids is 1. The van der Waals surface area contributed by atoms with Gasteiger partial charge in [-0.15, -0.1) is 0 Å². The van der Waals surface area contributed by atoms with Crippen molar-refractivity contribution < 1.29 is 14.3 Å². The topological polar surface area (TPSA) is 61.3 Å². The first-order chi connectivity index (χ1) is 9.24.